The quantitative estimate of drug-likeness (QED) is 0.272. The molecular weight excluding hydrogens is 420 g/mol. The number of hydrogen-bond donors (Lipinski definition) is 6. The van der Waals surface area contributed by atoms with Crippen LogP contribution in [0.4, 0.5) is 0 Å². The minimum Gasteiger partial charge on any atom is -0.356 e. The van der Waals surface area contributed by atoms with E-state index in [0.717, 1.165) is 44.6 Å². The Morgan fingerprint density at radius 1 is 1.06 bits per heavy atom. The lowest BCUT2D eigenvalue weighted by molar-refractivity contribution is -0.134. The maximum Gasteiger partial charge on any atom is 0.237 e. The van der Waals surface area contributed by atoms with E-state index in [0.29, 0.717) is 31.2 Å². The number of carbonyl (C=O) groups excluding carboxylic acids is 2. The molecule has 0 aromatic heterocycles. The Bertz CT molecular complexity index is 642. The van der Waals surface area contributed by atoms with Gasteiger partial charge in [0.25, 0.3) is 0 Å². The van der Waals surface area contributed by atoms with E-state index in [1.165, 1.54) is 32.1 Å². The highest BCUT2D eigenvalue weighted by atomic mass is 16.7. The van der Waals surface area contributed by atoms with Crippen molar-refractivity contribution in [3.05, 3.63) is 0 Å². The number of hydroxylamine groups is 1. The van der Waals surface area contributed by atoms with Crippen LogP contribution in [0.15, 0.2) is 0 Å². The van der Waals surface area contributed by atoms with Crippen LogP contribution in [0.5, 0.6) is 0 Å². The molecule has 0 bridgehead atoms. The fourth-order valence-electron chi connectivity index (χ4n) is 5.94. The summed E-state index contributed by atoms with van der Waals surface area (Å²) in [6.45, 7) is 3.90. The van der Waals surface area contributed by atoms with Crippen LogP contribution in [0.3, 0.4) is 0 Å². The lowest BCUT2D eigenvalue weighted by Gasteiger charge is -2.41. The van der Waals surface area contributed by atoms with Gasteiger partial charge in [0.2, 0.25) is 11.8 Å². The molecule has 9 heteroatoms. The number of hydrazine groups is 1. The Morgan fingerprint density at radius 3 is 2.70 bits per heavy atom. The molecule has 2 heterocycles. The van der Waals surface area contributed by atoms with Crippen molar-refractivity contribution in [1.29, 1.82) is 0 Å². The highest BCUT2D eigenvalue weighted by Crippen LogP contribution is 2.33. The van der Waals surface area contributed by atoms with Gasteiger partial charge in [0.05, 0.1) is 12.3 Å². The zero-order chi connectivity index (χ0) is 23.0. The molecule has 5 atom stereocenters. The molecule has 6 N–H and O–H groups in total. The van der Waals surface area contributed by atoms with Gasteiger partial charge in [-0.1, -0.05) is 32.6 Å². The van der Waals surface area contributed by atoms with E-state index < -0.39 is 0 Å². The van der Waals surface area contributed by atoms with Crippen LogP contribution in [0.2, 0.25) is 0 Å². The van der Waals surface area contributed by atoms with Gasteiger partial charge >= 0.3 is 0 Å². The molecule has 0 radical (unpaired) electrons. The average Bonchev–Trinajstić information content (AvgIpc) is 3.31. The number of nitrogens with one attached hydrogen (secondary N) is 6. The van der Waals surface area contributed by atoms with Crippen molar-refractivity contribution in [2.24, 2.45) is 23.7 Å². The molecule has 2 aliphatic carbocycles. The fourth-order valence-corrected chi connectivity index (χ4v) is 5.94. The van der Waals surface area contributed by atoms with Crippen molar-refractivity contribution in [2.45, 2.75) is 103 Å². The number of rotatable bonds is 10. The first-order valence-electron chi connectivity index (χ1n) is 13.3. The zero-order valence-corrected chi connectivity index (χ0v) is 20.2. The smallest absolute Gasteiger partial charge is 0.237 e. The van der Waals surface area contributed by atoms with Crippen LogP contribution in [-0.2, 0) is 14.4 Å². The number of carbonyl (C=O) groups is 2. The van der Waals surface area contributed by atoms with E-state index in [1.807, 2.05) is 0 Å². The third-order valence-corrected chi connectivity index (χ3v) is 8.09. The van der Waals surface area contributed by atoms with Gasteiger partial charge in [-0.15, -0.1) is 0 Å². The van der Waals surface area contributed by atoms with Gasteiger partial charge in [0.1, 0.15) is 6.23 Å². The first kappa shape index (κ1) is 24.9. The molecular formula is C24H44N6O3. The van der Waals surface area contributed by atoms with Crippen molar-refractivity contribution in [3.63, 3.8) is 0 Å². The second-order valence-corrected chi connectivity index (χ2v) is 10.6. The molecule has 0 aromatic rings. The van der Waals surface area contributed by atoms with Crippen molar-refractivity contribution >= 4 is 11.8 Å². The Balaban J connectivity index is 1.02. The summed E-state index contributed by atoms with van der Waals surface area (Å²) in [6, 6.07) is 0. The Hall–Kier alpha value is -1.26. The van der Waals surface area contributed by atoms with Gasteiger partial charge in [-0.25, -0.2) is 5.43 Å². The monoisotopic (exact) mass is 464 g/mol. The lowest BCUT2D eigenvalue weighted by Crippen LogP contribution is -2.64. The zero-order valence-electron chi connectivity index (χ0n) is 20.2. The van der Waals surface area contributed by atoms with Gasteiger partial charge in [0, 0.05) is 24.8 Å². The maximum absolute atomic E-state index is 12.2. The molecule has 9 nitrogen and oxygen atoms in total. The summed E-state index contributed by atoms with van der Waals surface area (Å²) in [6.07, 6.45) is 12.9. The SMILES string of the molecule is CC1CCC(C2NOC(CCC(=O)NCCCCNC3NNC(=O)C4CCCCC34)N2)CC1. The Labute approximate surface area is 198 Å². The molecule has 0 aromatic carbocycles. The van der Waals surface area contributed by atoms with Crippen LogP contribution >= 0.6 is 0 Å². The van der Waals surface area contributed by atoms with E-state index in [2.05, 4.69) is 39.2 Å². The fraction of sp³-hybridized carbons (Fsp3) is 0.917. The summed E-state index contributed by atoms with van der Waals surface area (Å²) in [5.41, 5.74) is 9.12. The van der Waals surface area contributed by atoms with Crippen molar-refractivity contribution in [3.8, 4) is 0 Å². The first-order chi connectivity index (χ1) is 16.1. The Kier molecular flexibility index (Phi) is 9.37. The molecule has 2 aliphatic heterocycles. The van der Waals surface area contributed by atoms with E-state index >= 15 is 0 Å². The first-order valence-corrected chi connectivity index (χ1v) is 13.3. The van der Waals surface area contributed by atoms with Crippen LogP contribution in [-0.4, -0.2) is 43.5 Å². The third-order valence-electron chi connectivity index (χ3n) is 8.09. The maximum atomic E-state index is 12.2. The van der Waals surface area contributed by atoms with Crippen molar-refractivity contribution < 1.29 is 14.4 Å². The second kappa shape index (κ2) is 12.4. The third kappa shape index (κ3) is 7.11. The van der Waals surface area contributed by atoms with Gasteiger partial charge in [-0.2, -0.15) is 5.48 Å². The van der Waals surface area contributed by atoms with E-state index in [-0.39, 0.29) is 36.3 Å². The number of fused-ring (bicyclic) bond motifs is 1. The topological polar surface area (TPSA) is 116 Å². The molecule has 5 unspecified atom stereocenters. The molecule has 4 rings (SSSR count). The highest BCUT2D eigenvalue weighted by molar-refractivity contribution is 5.79. The number of unbranched alkanes of at least 4 members (excludes halogenated alkanes) is 1. The normalized spacial score (nSPS) is 36.8. The van der Waals surface area contributed by atoms with Crippen LogP contribution < -0.4 is 32.3 Å². The van der Waals surface area contributed by atoms with Crippen LogP contribution in [0.1, 0.15) is 84.0 Å². The summed E-state index contributed by atoms with van der Waals surface area (Å²) in [7, 11) is 0. The minimum atomic E-state index is -0.0867. The Morgan fingerprint density at radius 2 is 1.85 bits per heavy atom. The standard InChI is InChI=1S/C24H44N6O3/c1-16-8-10-17(11-9-16)22-27-21(33-30-22)13-12-20(31)25-14-4-5-15-26-23-18-6-2-3-7-19(18)24(32)29-28-23/h16-19,21-23,26-28,30H,2-15H2,1H3,(H,25,31)(H,29,32). The second-order valence-electron chi connectivity index (χ2n) is 10.6. The highest BCUT2D eigenvalue weighted by Gasteiger charge is 2.39. The van der Waals surface area contributed by atoms with Crippen LogP contribution in [0, 0.1) is 23.7 Å². The van der Waals surface area contributed by atoms with Gasteiger partial charge < -0.3 is 10.6 Å². The molecule has 2 saturated carbocycles. The number of hydrogen-bond acceptors (Lipinski definition) is 7. The molecule has 33 heavy (non-hydrogen) atoms. The largest absolute Gasteiger partial charge is 0.356 e. The summed E-state index contributed by atoms with van der Waals surface area (Å²) >= 11 is 0. The van der Waals surface area contributed by atoms with E-state index in [9.17, 15) is 9.59 Å². The minimum absolute atomic E-state index is 0.0867. The predicted molar refractivity (Wildman–Crippen MR) is 126 cm³/mol. The van der Waals surface area contributed by atoms with Crippen molar-refractivity contribution in [2.75, 3.05) is 13.1 Å². The van der Waals surface area contributed by atoms with Crippen LogP contribution in [0.25, 0.3) is 0 Å². The molecule has 2 amide bonds. The summed E-state index contributed by atoms with van der Waals surface area (Å²) in [5, 5.41) is 10.1. The van der Waals surface area contributed by atoms with E-state index in [4.69, 9.17) is 4.84 Å². The summed E-state index contributed by atoms with van der Waals surface area (Å²) in [4.78, 5) is 29.9. The van der Waals surface area contributed by atoms with Crippen molar-refractivity contribution in [1.82, 2.24) is 32.3 Å². The predicted octanol–water partition coefficient (Wildman–Crippen LogP) is 1.62. The summed E-state index contributed by atoms with van der Waals surface area (Å²) in [5.74, 6) is 2.23. The van der Waals surface area contributed by atoms with E-state index in [1.54, 1.807) is 0 Å². The molecule has 2 saturated heterocycles. The van der Waals surface area contributed by atoms with Gasteiger partial charge in [-0.3, -0.25) is 25.2 Å². The molecule has 0 spiro atoms. The lowest BCUT2D eigenvalue weighted by atomic mass is 9.76. The van der Waals surface area contributed by atoms with Gasteiger partial charge in [0.15, 0.2) is 0 Å². The molecule has 4 fully saturated rings. The average molecular weight is 465 g/mol. The molecule has 188 valence electrons. The summed E-state index contributed by atoms with van der Waals surface area (Å²) < 4.78 is 0. The van der Waals surface area contributed by atoms with Gasteiger partial charge in [-0.05, 0) is 63.3 Å². The number of amides is 2. The molecule has 4 aliphatic rings.